The Labute approximate surface area is 98.0 Å². The van der Waals surface area contributed by atoms with Crippen molar-refractivity contribution < 1.29 is 4.79 Å². The Balaban J connectivity index is 1.90. The third-order valence-electron chi connectivity index (χ3n) is 3.57. The number of piperidine rings is 1. The maximum atomic E-state index is 12.3. The van der Waals surface area contributed by atoms with Gasteiger partial charge in [0.05, 0.1) is 0 Å². The van der Waals surface area contributed by atoms with Crippen molar-refractivity contribution >= 4 is 6.03 Å². The van der Waals surface area contributed by atoms with Crippen LogP contribution in [-0.2, 0) is 0 Å². The molecule has 0 aromatic heterocycles. The Morgan fingerprint density at radius 3 is 2.62 bits per heavy atom. The molecule has 0 aliphatic carbocycles. The minimum Gasteiger partial charge on any atom is -0.324 e. The second kappa shape index (κ2) is 5.04. The normalized spacial score (nSPS) is 31.6. The molecule has 2 atom stereocenters. The molecule has 0 bridgehead atoms. The van der Waals surface area contributed by atoms with Crippen molar-refractivity contribution in [3.8, 4) is 0 Å². The van der Waals surface area contributed by atoms with Crippen LogP contribution in [0, 0.1) is 5.92 Å². The van der Waals surface area contributed by atoms with Gasteiger partial charge in [-0.2, -0.15) is 0 Å². The standard InChI is InChI=1S/C12H23N3O/c1-10-4-3-6-14(8-10)12(16)15-7-5-13-11(2)9-15/h10-11,13H,3-9H2,1-2H3. The first-order valence-electron chi connectivity index (χ1n) is 6.44. The molecule has 2 rings (SSSR count). The highest BCUT2D eigenvalue weighted by Gasteiger charge is 2.27. The van der Waals surface area contributed by atoms with Gasteiger partial charge in [-0.25, -0.2) is 4.79 Å². The zero-order valence-corrected chi connectivity index (χ0v) is 10.4. The van der Waals surface area contributed by atoms with E-state index in [1.165, 1.54) is 6.42 Å². The molecule has 92 valence electrons. The number of piperazine rings is 1. The van der Waals surface area contributed by atoms with E-state index in [1.54, 1.807) is 0 Å². The molecule has 0 saturated carbocycles. The number of hydrogen-bond donors (Lipinski definition) is 1. The fourth-order valence-electron chi connectivity index (χ4n) is 2.67. The molecule has 2 amide bonds. The number of carbonyl (C=O) groups is 1. The van der Waals surface area contributed by atoms with Crippen LogP contribution >= 0.6 is 0 Å². The number of amides is 2. The van der Waals surface area contributed by atoms with Crippen LogP contribution in [0.4, 0.5) is 4.79 Å². The fraction of sp³-hybridized carbons (Fsp3) is 0.917. The molecule has 0 aromatic rings. The largest absolute Gasteiger partial charge is 0.324 e. The van der Waals surface area contributed by atoms with Gasteiger partial charge in [0.15, 0.2) is 0 Å². The van der Waals surface area contributed by atoms with Crippen LogP contribution in [-0.4, -0.2) is 54.6 Å². The van der Waals surface area contributed by atoms with E-state index in [2.05, 4.69) is 19.2 Å². The van der Waals surface area contributed by atoms with Crippen LogP contribution in [0.2, 0.25) is 0 Å². The van der Waals surface area contributed by atoms with E-state index in [1.807, 2.05) is 9.80 Å². The summed E-state index contributed by atoms with van der Waals surface area (Å²) in [5.41, 5.74) is 0. The summed E-state index contributed by atoms with van der Waals surface area (Å²) in [5, 5.41) is 3.37. The predicted octanol–water partition coefficient (Wildman–Crippen LogP) is 1.13. The minimum atomic E-state index is 0.250. The van der Waals surface area contributed by atoms with Gasteiger partial charge in [-0.1, -0.05) is 6.92 Å². The molecule has 1 N–H and O–H groups in total. The lowest BCUT2D eigenvalue weighted by Gasteiger charge is -2.38. The molecule has 2 heterocycles. The first kappa shape index (κ1) is 11.7. The van der Waals surface area contributed by atoms with E-state index in [9.17, 15) is 4.79 Å². The van der Waals surface area contributed by atoms with Gasteiger partial charge >= 0.3 is 6.03 Å². The summed E-state index contributed by atoms with van der Waals surface area (Å²) in [6.07, 6.45) is 2.43. The maximum Gasteiger partial charge on any atom is 0.320 e. The summed E-state index contributed by atoms with van der Waals surface area (Å²) in [6, 6.07) is 0.680. The molecule has 2 unspecified atom stereocenters. The summed E-state index contributed by atoms with van der Waals surface area (Å²) in [4.78, 5) is 16.3. The maximum absolute atomic E-state index is 12.3. The molecule has 0 aromatic carbocycles. The van der Waals surface area contributed by atoms with Gasteiger partial charge in [0.25, 0.3) is 0 Å². The van der Waals surface area contributed by atoms with Crippen molar-refractivity contribution in [1.82, 2.24) is 15.1 Å². The highest BCUT2D eigenvalue weighted by Crippen LogP contribution is 2.17. The number of carbonyl (C=O) groups excluding carboxylic acids is 1. The highest BCUT2D eigenvalue weighted by atomic mass is 16.2. The van der Waals surface area contributed by atoms with E-state index in [0.29, 0.717) is 12.0 Å². The van der Waals surface area contributed by atoms with Crippen LogP contribution in [0.15, 0.2) is 0 Å². The number of nitrogens with one attached hydrogen (secondary N) is 1. The number of hydrogen-bond acceptors (Lipinski definition) is 2. The summed E-state index contributed by atoms with van der Waals surface area (Å²) < 4.78 is 0. The van der Waals surface area contributed by atoms with E-state index < -0.39 is 0 Å². The molecule has 16 heavy (non-hydrogen) atoms. The monoisotopic (exact) mass is 225 g/mol. The average molecular weight is 225 g/mol. The minimum absolute atomic E-state index is 0.250. The topological polar surface area (TPSA) is 35.6 Å². The zero-order chi connectivity index (χ0) is 11.5. The van der Waals surface area contributed by atoms with Gasteiger partial charge in [-0.3, -0.25) is 0 Å². The first-order valence-corrected chi connectivity index (χ1v) is 6.44. The molecular weight excluding hydrogens is 202 g/mol. The van der Waals surface area contributed by atoms with Crippen molar-refractivity contribution in [2.24, 2.45) is 5.92 Å². The van der Waals surface area contributed by atoms with Crippen LogP contribution in [0.25, 0.3) is 0 Å². The van der Waals surface area contributed by atoms with Crippen LogP contribution in [0.3, 0.4) is 0 Å². The molecule has 4 nitrogen and oxygen atoms in total. The lowest BCUT2D eigenvalue weighted by Crippen LogP contribution is -2.56. The van der Waals surface area contributed by atoms with Gasteiger partial charge in [-0.05, 0) is 25.7 Å². The molecule has 0 radical (unpaired) electrons. The van der Waals surface area contributed by atoms with Crippen molar-refractivity contribution in [2.75, 3.05) is 32.7 Å². The second-order valence-corrected chi connectivity index (χ2v) is 5.28. The van der Waals surface area contributed by atoms with Gasteiger partial charge in [-0.15, -0.1) is 0 Å². The molecule has 4 heteroatoms. The third kappa shape index (κ3) is 2.67. The SMILES string of the molecule is CC1CCCN(C(=O)N2CCNC(C)C2)C1. The number of likely N-dealkylation sites (tertiary alicyclic amines) is 1. The zero-order valence-electron chi connectivity index (χ0n) is 10.4. The lowest BCUT2D eigenvalue weighted by atomic mass is 10.0. The Kier molecular flexibility index (Phi) is 3.69. The number of nitrogens with zero attached hydrogens (tertiary/aromatic N) is 2. The quantitative estimate of drug-likeness (QED) is 0.671. The van der Waals surface area contributed by atoms with Crippen LogP contribution < -0.4 is 5.32 Å². The molecule has 2 aliphatic heterocycles. The summed E-state index contributed by atoms with van der Waals surface area (Å²) in [7, 11) is 0. The van der Waals surface area contributed by atoms with Gasteiger partial charge in [0.2, 0.25) is 0 Å². The number of urea groups is 1. The second-order valence-electron chi connectivity index (χ2n) is 5.28. The van der Waals surface area contributed by atoms with Gasteiger partial charge in [0, 0.05) is 38.8 Å². The van der Waals surface area contributed by atoms with Crippen molar-refractivity contribution in [3.63, 3.8) is 0 Å². The van der Waals surface area contributed by atoms with Crippen molar-refractivity contribution in [1.29, 1.82) is 0 Å². The molecule has 2 fully saturated rings. The first-order chi connectivity index (χ1) is 7.66. The van der Waals surface area contributed by atoms with Crippen LogP contribution in [0.1, 0.15) is 26.7 Å². The van der Waals surface area contributed by atoms with Crippen LogP contribution in [0.5, 0.6) is 0 Å². The Morgan fingerprint density at radius 1 is 1.19 bits per heavy atom. The molecule has 2 aliphatic rings. The van der Waals surface area contributed by atoms with E-state index in [0.717, 1.165) is 39.1 Å². The average Bonchev–Trinajstić information content (AvgIpc) is 2.28. The highest BCUT2D eigenvalue weighted by molar-refractivity contribution is 5.74. The van der Waals surface area contributed by atoms with Gasteiger partial charge in [0.1, 0.15) is 0 Å². The summed E-state index contributed by atoms with van der Waals surface area (Å²) in [5.74, 6) is 0.665. The summed E-state index contributed by atoms with van der Waals surface area (Å²) >= 11 is 0. The van der Waals surface area contributed by atoms with Crippen molar-refractivity contribution in [2.45, 2.75) is 32.7 Å². The van der Waals surface area contributed by atoms with Gasteiger partial charge < -0.3 is 15.1 Å². The lowest BCUT2D eigenvalue weighted by molar-refractivity contribution is 0.120. The predicted molar refractivity (Wildman–Crippen MR) is 64.4 cm³/mol. The third-order valence-corrected chi connectivity index (χ3v) is 3.57. The summed E-state index contributed by atoms with van der Waals surface area (Å²) in [6.45, 7) is 8.89. The molecule has 0 spiro atoms. The Morgan fingerprint density at radius 2 is 1.94 bits per heavy atom. The van der Waals surface area contributed by atoms with E-state index >= 15 is 0 Å². The Bertz CT molecular complexity index is 233. The Hall–Kier alpha value is -0.770. The van der Waals surface area contributed by atoms with Crippen molar-refractivity contribution in [3.05, 3.63) is 0 Å². The number of rotatable bonds is 0. The molecule has 2 saturated heterocycles. The van der Waals surface area contributed by atoms with E-state index in [-0.39, 0.29) is 6.03 Å². The van der Waals surface area contributed by atoms with E-state index in [4.69, 9.17) is 0 Å². The smallest absolute Gasteiger partial charge is 0.320 e. The fourth-order valence-corrected chi connectivity index (χ4v) is 2.67. The molecular formula is C12H23N3O.